The number of hydrogen-bond acceptors (Lipinski definition) is 5. The van der Waals surface area contributed by atoms with Crippen molar-refractivity contribution in [3.8, 4) is 0 Å². The highest BCUT2D eigenvalue weighted by Gasteiger charge is 2.18. The molecule has 0 aliphatic rings. The van der Waals surface area contributed by atoms with Gasteiger partial charge in [0.25, 0.3) is 0 Å². The number of benzene rings is 3. The van der Waals surface area contributed by atoms with Gasteiger partial charge in [-0.1, -0.05) is 66.2 Å². The Morgan fingerprint density at radius 2 is 1.60 bits per heavy atom. The maximum absolute atomic E-state index is 10.4. The van der Waals surface area contributed by atoms with Crippen molar-refractivity contribution in [3.05, 3.63) is 95.0 Å². The minimum Gasteiger partial charge on any atom is -0.374 e. The van der Waals surface area contributed by atoms with Crippen molar-refractivity contribution in [2.24, 2.45) is 0 Å². The fourth-order valence-electron chi connectivity index (χ4n) is 3.27. The van der Waals surface area contributed by atoms with Crippen LogP contribution >= 0.6 is 11.6 Å². The van der Waals surface area contributed by atoms with Crippen molar-refractivity contribution in [2.75, 3.05) is 10.2 Å². The number of aliphatic hydroxyl groups is 1. The van der Waals surface area contributed by atoms with Gasteiger partial charge in [-0.3, -0.25) is 0 Å². The van der Waals surface area contributed by atoms with Crippen LogP contribution in [0.3, 0.4) is 0 Å². The molecule has 0 saturated carbocycles. The molecule has 30 heavy (non-hydrogen) atoms. The van der Waals surface area contributed by atoms with Crippen LogP contribution in [-0.2, 0) is 13.1 Å². The zero-order valence-electron chi connectivity index (χ0n) is 16.7. The van der Waals surface area contributed by atoms with Crippen molar-refractivity contribution in [1.82, 2.24) is 9.97 Å². The van der Waals surface area contributed by atoms with Crippen molar-refractivity contribution < 1.29 is 5.11 Å². The summed E-state index contributed by atoms with van der Waals surface area (Å²) in [4.78, 5) is 11.3. The molecule has 0 aliphatic carbocycles. The molecule has 6 heteroatoms. The molecule has 0 saturated heterocycles. The third-order valence-electron chi connectivity index (χ3n) is 4.87. The Bertz CT molecular complexity index is 1120. The van der Waals surface area contributed by atoms with E-state index in [1.165, 1.54) is 0 Å². The quantitative estimate of drug-likeness (QED) is 0.402. The van der Waals surface area contributed by atoms with Gasteiger partial charge < -0.3 is 15.3 Å². The van der Waals surface area contributed by atoms with Gasteiger partial charge >= 0.3 is 0 Å². The Hall–Kier alpha value is -3.15. The van der Waals surface area contributed by atoms with Crippen molar-refractivity contribution in [1.29, 1.82) is 0 Å². The topological polar surface area (TPSA) is 61.3 Å². The number of fused-ring (bicyclic) bond motifs is 1. The van der Waals surface area contributed by atoms with E-state index in [0.29, 0.717) is 24.1 Å². The van der Waals surface area contributed by atoms with E-state index < -0.39 is 6.23 Å². The molecule has 0 spiro atoms. The summed E-state index contributed by atoms with van der Waals surface area (Å²) in [5, 5.41) is 15.5. The second kappa shape index (κ2) is 9.11. The molecule has 1 aromatic heterocycles. The fraction of sp³-hybridized carbons (Fsp3) is 0.167. The summed E-state index contributed by atoms with van der Waals surface area (Å²) < 4.78 is 0. The molecule has 5 nitrogen and oxygen atoms in total. The maximum atomic E-state index is 10.4. The first-order valence-electron chi connectivity index (χ1n) is 9.84. The van der Waals surface area contributed by atoms with E-state index in [2.05, 4.69) is 5.32 Å². The molecular formula is C24H23ClN4O. The number of rotatable bonds is 7. The summed E-state index contributed by atoms with van der Waals surface area (Å²) >= 11 is 5.99. The van der Waals surface area contributed by atoms with E-state index in [0.717, 1.165) is 27.8 Å². The largest absolute Gasteiger partial charge is 0.374 e. The molecule has 1 atom stereocenters. The lowest BCUT2D eigenvalue weighted by molar-refractivity contribution is 0.185. The highest BCUT2D eigenvalue weighted by molar-refractivity contribution is 6.30. The van der Waals surface area contributed by atoms with Gasteiger partial charge in [-0.2, -0.15) is 4.98 Å². The van der Waals surface area contributed by atoms with Gasteiger partial charge in [0, 0.05) is 23.5 Å². The smallest absolute Gasteiger partial charge is 0.230 e. The third-order valence-corrected chi connectivity index (χ3v) is 5.12. The molecule has 0 fully saturated rings. The number of halogens is 1. The SMILES string of the molecule is CC(O)N(Cc1ccccc1)c1nc(NCc2ccc(Cl)cc2)c2ccccc2n1. The normalized spacial score (nSPS) is 12.0. The first-order chi connectivity index (χ1) is 14.6. The van der Waals surface area contributed by atoms with E-state index in [4.69, 9.17) is 21.6 Å². The number of aliphatic hydroxyl groups excluding tert-OH is 1. The van der Waals surface area contributed by atoms with Crippen LogP contribution in [0.15, 0.2) is 78.9 Å². The molecule has 4 rings (SSSR count). The number of anilines is 2. The molecule has 1 heterocycles. The molecule has 152 valence electrons. The monoisotopic (exact) mass is 418 g/mol. The summed E-state index contributed by atoms with van der Waals surface area (Å²) in [5.41, 5.74) is 2.99. The van der Waals surface area contributed by atoms with E-state index in [-0.39, 0.29) is 0 Å². The Kier molecular flexibility index (Phi) is 6.12. The molecule has 3 aromatic carbocycles. The molecular weight excluding hydrogens is 396 g/mol. The standard InChI is InChI=1S/C24H23ClN4O/c1-17(30)29(16-19-7-3-2-4-8-19)24-27-22-10-6-5-9-21(22)23(28-24)26-15-18-11-13-20(25)14-12-18/h2-14,17,30H,15-16H2,1H3,(H,26,27,28). The van der Waals surface area contributed by atoms with Gasteiger partial charge in [0.15, 0.2) is 0 Å². The van der Waals surface area contributed by atoms with Gasteiger partial charge in [0.2, 0.25) is 5.95 Å². The summed E-state index contributed by atoms with van der Waals surface area (Å²) in [6.07, 6.45) is -0.740. The van der Waals surface area contributed by atoms with Crippen LogP contribution in [0, 0.1) is 0 Å². The van der Waals surface area contributed by atoms with Crippen molar-refractivity contribution in [3.63, 3.8) is 0 Å². The predicted molar refractivity (Wildman–Crippen MR) is 123 cm³/mol. The Balaban J connectivity index is 1.68. The summed E-state index contributed by atoms with van der Waals surface area (Å²) in [5.74, 6) is 1.20. The summed E-state index contributed by atoms with van der Waals surface area (Å²) in [6.45, 7) is 2.83. The lowest BCUT2D eigenvalue weighted by Gasteiger charge is -2.26. The predicted octanol–water partition coefficient (Wildman–Crippen LogP) is 5.24. The zero-order valence-corrected chi connectivity index (χ0v) is 17.4. The number of nitrogens with zero attached hydrogens (tertiary/aromatic N) is 3. The number of hydrogen-bond donors (Lipinski definition) is 2. The molecule has 0 amide bonds. The van der Waals surface area contributed by atoms with E-state index in [9.17, 15) is 5.11 Å². The molecule has 4 aromatic rings. The summed E-state index contributed by atoms with van der Waals surface area (Å²) in [7, 11) is 0. The Morgan fingerprint density at radius 3 is 2.33 bits per heavy atom. The second-order valence-electron chi connectivity index (χ2n) is 7.11. The highest BCUT2D eigenvalue weighted by atomic mass is 35.5. The van der Waals surface area contributed by atoms with Gasteiger partial charge in [-0.15, -0.1) is 0 Å². The van der Waals surface area contributed by atoms with Crippen molar-refractivity contribution >= 4 is 34.3 Å². The van der Waals surface area contributed by atoms with Crippen LogP contribution in [-0.4, -0.2) is 21.3 Å². The lowest BCUT2D eigenvalue weighted by Crippen LogP contribution is -2.34. The number of nitrogens with one attached hydrogen (secondary N) is 1. The third kappa shape index (κ3) is 4.70. The molecule has 1 unspecified atom stereocenters. The second-order valence-corrected chi connectivity index (χ2v) is 7.55. The minimum atomic E-state index is -0.740. The van der Waals surface area contributed by atoms with Crippen LogP contribution in [0.25, 0.3) is 10.9 Å². The Morgan fingerprint density at radius 1 is 0.900 bits per heavy atom. The average molecular weight is 419 g/mol. The first kappa shape index (κ1) is 20.1. The van der Waals surface area contributed by atoms with Gasteiger partial charge in [-0.05, 0) is 42.3 Å². The maximum Gasteiger partial charge on any atom is 0.230 e. The van der Waals surface area contributed by atoms with E-state index in [1.807, 2.05) is 78.9 Å². The van der Waals surface area contributed by atoms with Crippen molar-refractivity contribution in [2.45, 2.75) is 26.2 Å². The van der Waals surface area contributed by atoms with E-state index >= 15 is 0 Å². The first-order valence-corrected chi connectivity index (χ1v) is 10.2. The minimum absolute atomic E-state index is 0.478. The zero-order chi connectivity index (χ0) is 20.9. The summed E-state index contributed by atoms with van der Waals surface area (Å²) in [6, 6.07) is 25.6. The van der Waals surface area contributed by atoms with E-state index in [1.54, 1.807) is 11.8 Å². The number of para-hydroxylation sites is 1. The average Bonchev–Trinajstić information content (AvgIpc) is 2.77. The van der Waals surface area contributed by atoms with Gasteiger partial charge in [0.05, 0.1) is 5.52 Å². The number of aromatic nitrogens is 2. The van der Waals surface area contributed by atoms with Crippen LogP contribution in [0.1, 0.15) is 18.1 Å². The molecule has 0 aliphatic heterocycles. The van der Waals surface area contributed by atoms with Crippen LogP contribution in [0.4, 0.5) is 11.8 Å². The Labute approximate surface area is 181 Å². The fourth-order valence-corrected chi connectivity index (χ4v) is 3.39. The molecule has 0 bridgehead atoms. The molecule has 0 radical (unpaired) electrons. The highest BCUT2D eigenvalue weighted by Crippen LogP contribution is 2.26. The van der Waals surface area contributed by atoms with Crippen LogP contribution < -0.4 is 10.2 Å². The van der Waals surface area contributed by atoms with Gasteiger partial charge in [0.1, 0.15) is 12.0 Å². The van der Waals surface area contributed by atoms with Gasteiger partial charge in [-0.25, -0.2) is 4.98 Å². The van der Waals surface area contributed by atoms with Crippen LogP contribution in [0.2, 0.25) is 5.02 Å². The van der Waals surface area contributed by atoms with Crippen LogP contribution in [0.5, 0.6) is 0 Å². The lowest BCUT2D eigenvalue weighted by atomic mass is 10.2. The molecule has 2 N–H and O–H groups in total.